The lowest BCUT2D eigenvalue weighted by molar-refractivity contribution is -0.112. The molecule has 0 aliphatic carbocycles. The van der Waals surface area contributed by atoms with E-state index in [2.05, 4.69) is 27.1 Å². The summed E-state index contributed by atoms with van der Waals surface area (Å²) in [5.41, 5.74) is 1.55. The van der Waals surface area contributed by atoms with Crippen molar-refractivity contribution >= 4 is 23.0 Å². The van der Waals surface area contributed by atoms with E-state index in [0.717, 1.165) is 25.2 Å². The van der Waals surface area contributed by atoms with Crippen LogP contribution in [0, 0.1) is 11.6 Å². The monoisotopic (exact) mass is 452 g/mol. The first-order valence-corrected chi connectivity index (χ1v) is 10.7. The van der Waals surface area contributed by atoms with Crippen LogP contribution in [0.3, 0.4) is 0 Å². The number of fused-ring (bicyclic) bond motifs is 2. The number of allylic oxidation sites excluding steroid dienone is 2. The number of nitrogens with one attached hydrogen (secondary N) is 2. The van der Waals surface area contributed by atoms with E-state index >= 15 is 0 Å². The Labute approximate surface area is 191 Å². The molecule has 2 aliphatic rings. The molecule has 2 aliphatic heterocycles. The van der Waals surface area contributed by atoms with E-state index in [1.807, 2.05) is 0 Å². The minimum absolute atomic E-state index is 0.00706. The summed E-state index contributed by atoms with van der Waals surface area (Å²) in [6.45, 7) is 6.87. The standard InChI is InChI=1S/C25H26F2N4O2/c1-4-6-20(29-15(2)24-19(27)7-5-8-23(24)33-3)25(32)30-21-11-16(26)9-10-22(21)31-14-17-12-18(31)13-28-17/h4-11,17-18,28H,1,12-14H2,2-3H3,(H,30,32)/b20-6-,29-15+. The van der Waals surface area contributed by atoms with Crippen LogP contribution in [0.25, 0.3) is 0 Å². The van der Waals surface area contributed by atoms with Gasteiger partial charge in [-0.25, -0.2) is 13.8 Å². The first kappa shape index (κ1) is 22.7. The SMILES string of the molecule is C=C/C=C(\N=C(/C)c1c(F)cccc1OC)C(=O)Nc1cc(F)ccc1N1CC2CC1CN2. The van der Waals surface area contributed by atoms with Gasteiger partial charge in [0.2, 0.25) is 0 Å². The molecule has 2 atom stereocenters. The van der Waals surface area contributed by atoms with Crippen LogP contribution in [0.5, 0.6) is 5.75 Å². The van der Waals surface area contributed by atoms with Crippen molar-refractivity contribution in [2.24, 2.45) is 4.99 Å². The Bertz CT molecular complexity index is 1150. The van der Waals surface area contributed by atoms with Crippen LogP contribution in [-0.2, 0) is 4.79 Å². The number of ether oxygens (including phenoxy) is 1. The third-order valence-electron chi connectivity index (χ3n) is 5.93. The zero-order valence-corrected chi connectivity index (χ0v) is 18.6. The number of anilines is 2. The molecule has 2 bridgehead atoms. The van der Waals surface area contributed by atoms with Crippen molar-refractivity contribution in [3.63, 3.8) is 0 Å². The molecule has 8 heteroatoms. The topological polar surface area (TPSA) is 66.0 Å². The molecule has 0 aromatic heterocycles. The first-order chi connectivity index (χ1) is 15.9. The zero-order valence-electron chi connectivity index (χ0n) is 18.6. The number of amides is 1. The average Bonchev–Trinajstić information content (AvgIpc) is 3.42. The maximum atomic E-state index is 14.5. The predicted molar refractivity (Wildman–Crippen MR) is 126 cm³/mol. The Hall–Kier alpha value is -3.52. The molecular formula is C25H26F2N4O2. The van der Waals surface area contributed by atoms with Crippen LogP contribution in [0.1, 0.15) is 18.9 Å². The summed E-state index contributed by atoms with van der Waals surface area (Å²) in [7, 11) is 1.44. The molecule has 2 saturated heterocycles. The molecule has 1 amide bonds. The minimum atomic E-state index is -0.557. The van der Waals surface area contributed by atoms with Gasteiger partial charge < -0.3 is 20.3 Å². The highest BCUT2D eigenvalue weighted by molar-refractivity contribution is 6.09. The van der Waals surface area contributed by atoms with E-state index in [0.29, 0.717) is 23.5 Å². The molecule has 172 valence electrons. The second kappa shape index (κ2) is 9.54. The van der Waals surface area contributed by atoms with Gasteiger partial charge in [-0.3, -0.25) is 4.79 Å². The quantitative estimate of drug-likeness (QED) is 0.378. The van der Waals surface area contributed by atoms with Gasteiger partial charge in [0, 0.05) is 25.2 Å². The van der Waals surface area contributed by atoms with Gasteiger partial charge in [0.25, 0.3) is 5.91 Å². The van der Waals surface area contributed by atoms with Crippen molar-refractivity contribution in [2.45, 2.75) is 25.4 Å². The van der Waals surface area contributed by atoms with E-state index < -0.39 is 17.5 Å². The van der Waals surface area contributed by atoms with Crippen molar-refractivity contribution in [3.05, 3.63) is 78.0 Å². The number of carbonyl (C=O) groups excluding carboxylic acids is 1. The molecule has 2 N–H and O–H groups in total. The second-order valence-corrected chi connectivity index (χ2v) is 8.06. The number of carbonyl (C=O) groups is 1. The highest BCUT2D eigenvalue weighted by Crippen LogP contribution is 2.35. The Morgan fingerprint density at radius 1 is 1.33 bits per heavy atom. The number of piperazine rings is 1. The molecule has 2 heterocycles. The molecule has 2 unspecified atom stereocenters. The molecule has 2 aromatic rings. The molecule has 2 fully saturated rings. The van der Waals surface area contributed by atoms with Crippen molar-refractivity contribution in [1.82, 2.24) is 5.32 Å². The number of rotatable bonds is 7. The fourth-order valence-electron chi connectivity index (χ4n) is 4.44. The third-order valence-corrected chi connectivity index (χ3v) is 5.93. The van der Waals surface area contributed by atoms with Gasteiger partial charge in [-0.1, -0.05) is 18.7 Å². The maximum absolute atomic E-state index is 14.5. The molecule has 33 heavy (non-hydrogen) atoms. The number of halogens is 2. The lowest BCUT2D eigenvalue weighted by atomic mass is 10.1. The van der Waals surface area contributed by atoms with Gasteiger partial charge in [0.1, 0.15) is 23.1 Å². The number of aliphatic imine (C=N–C) groups is 1. The van der Waals surface area contributed by atoms with Gasteiger partial charge in [0.05, 0.1) is 29.8 Å². The van der Waals surface area contributed by atoms with Gasteiger partial charge in [-0.15, -0.1) is 0 Å². The third kappa shape index (κ3) is 4.66. The summed E-state index contributed by atoms with van der Waals surface area (Å²) in [6.07, 6.45) is 3.86. The summed E-state index contributed by atoms with van der Waals surface area (Å²) >= 11 is 0. The van der Waals surface area contributed by atoms with Crippen LogP contribution < -0.4 is 20.3 Å². The highest BCUT2D eigenvalue weighted by Gasteiger charge is 2.38. The fraction of sp³-hybridized carbons (Fsp3) is 0.280. The maximum Gasteiger partial charge on any atom is 0.274 e. The van der Waals surface area contributed by atoms with Gasteiger partial charge in [-0.2, -0.15) is 0 Å². The Morgan fingerprint density at radius 3 is 2.82 bits per heavy atom. The van der Waals surface area contributed by atoms with Crippen LogP contribution in [0.15, 0.2) is 65.8 Å². The van der Waals surface area contributed by atoms with Crippen molar-refractivity contribution in [2.75, 3.05) is 30.4 Å². The first-order valence-electron chi connectivity index (χ1n) is 10.7. The number of hydrogen-bond acceptors (Lipinski definition) is 5. The van der Waals surface area contributed by atoms with Crippen LogP contribution in [-0.4, -0.2) is 43.9 Å². The van der Waals surface area contributed by atoms with Crippen LogP contribution in [0.2, 0.25) is 0 Å². The van der Waals surface area contributed by atoms with E-state index in [1.54, 1.807) is 19.1 Å². The van der Waals surface area contributed by atoms with Crippen molar-refractivity contribution in [3.8, 4) is 5.75 Å². The molecule has 6 nitrogen and oxygen atoms in total. The highest BCUT2D eigenvalue weighted by atomic mass is 19.1. The number of nitrogens with zero attached hydrogens (tertiary/aromatic N) is 2. The molecule has 4 rings (SSSR count). The van der Waals surface area contributed by atoms with Crippen molar-refractivity contribution < 1.29 is 18.3 Å². The number of hydrogen-bond donors (Lipinski definition) is 2. The lowest BCUT2D eigenvalue weighted by Gasteiger charge is -2.31. The van der Waals surface area contributed by atoms with Gasteiger partial charge >= 0.3 is 0 Å². The molecule has 0 radical (unpaired) electrons. The summed E-state index contributed by atoms with van der Waals surface area (Å²) < 4.78 is 33.8. The summed E-state index contributed by atoms with van der Waals surface area (Å²) in [6, 6.07) is 9.51. The molecule has 2 aromatic carbocycles. The normalized spacial score (nSPS) is 20.2. The zero-order chi connectivity index (χ0) is 23.5. The molecule has 0 spiro atoms. The Morgan fingerprint density at radius 2 is 2.15 bits per heavy atom. The summed E-state index contributed by atoms with van der Waals surface area (Å²) in [5, 5.41) is 6.21. The summed E-state index contributed by atoms with van der Waals surface area (Å²) in [5.74, 6) is -1.22. The number of benzene rings is 2. The Kier molecular flexibility index (Phi) is 6.55. The van der Waals surface area contributed by atoms with Crippen molar-refractivity contribution in [1.29, 1.82) is 0 Å². The van der Waals surface area contributed by atoms with E-state index in [1.165, 1.54) is 43.5 Å². The predicted octanol–water partition coefficient (Wildman–Crippen LogP) is 4.04. The lowest BCUT2D eigenvalue weighted by Crippen LogP contribution is -2.44. The van der Waals surface area contributed by atoms with E-state index in [9.17, 15) is 13.6 Å². The average molecular weight is 453 g/mol. The fourth-order valence-corrected chi connectivity index (χ4v) is 4.44. The number of methoxy groups -OCH3 is 1. The van der Waals surface area contributed by atoms with E-state index in [4.69, 9.17) is 4.74 Å². The van der Waals surface area contributed by atoms with Gasteiger partial charge in [0.15, 0.2) is 0 Å². The molecular weight excluding hydrogens is 426 g/mol. The van der Waals surface area contributed by atoms with Crippen LogP contribution >= 0.6 is 0 Å². The van der Waals surface area contributed by atoms with Gasteiger partial charge in [-0.05, 0) is 49.8 Å². The molecule has 0 saturated carbocycles. The smallest absolute Gasteiger partial charge is 0.274 e. The van der Waals surface area contributed by atoms with Crippen LogP contribution in [0.4, 0.5) is 20.2 Å². The second-order valence-electron chi connectivity index (χ2n) is 8.06. The van der Waals surface area contributed by atoms with E-state index in [-0.39, 0.29) is 17.0 Å². The summed E-state index contributed by atoms with van der Waals surface area (Å²) in [4.78, 5) is 19.7. The Balaban J connectivity index is 1.63. The minimum Gasteiger partial charge on any atom is -0.496 e. The largest absolute Gasteiger partial charge is 0.496 e.